The molecule has 0 atom stereocenters. The van der Waals surface area contributed by atoms with Gasteiger partial charge in [0.05, 0.1) is 12.2 Å². The lowest BCUT2D eigenvalue weighted by Gasteiger charge is -2.20. The third-order valence-corrected chi connectivity index (χ3v) is 1.87. The van der Waals surface area contributed by atoms with Gasteiger partial charge in [-0.15, -0.1) is 13.2 Å². The van der Waals surface area contributed by atoms with E-state index in [0.29, 0.717) is 6.61 Å². The molecule has 0 unspecified atom stereocenters. The topological polar surface area (TPSA) is 9.23 Å². The summed E-state index contributed by atoms with van der Waals surface area (Å²) in [6, 6.07) is 0. The van der Waals surface area contributed by atoms with Crippen LogP contribution in [0.1, 0.15) is 33.1 Å². The van der Waals surface area contributed by atoms with Crippen LogP contribution in [-0.2, 0) is 4.74 Å². The standard InChI is InChI=1S/C13H22O/c1-5-7-8-9-10-11-13(3,4)14-12-6-2/h5-6,10-11H,1-2,7-9,12H2,3-4H3. The molecule has 1 heteroatoms. The fraction of sp³-hybridized carbons (Fsp3) is 0.538. The van der Waals surface area contributed by atoms with E-state index in [0.717, 1.165) is 19.3 Å². The van der Waals surface area contributed by atoms with Crippen LogP contribution in [0.15, 0.2) is 37.5 Å². The normalized spacial score (nSPS) is 11.9. The largest absolute Gasteiger partial charge is 0.367 e. The van der Waals surface area contributed by atoms with Gasteiger partial charge >= 0.3 is 0 Å². The molecule has 0 aromatic carbocycles. The Balaban J connectivity index is 3.70. The first-order chi connectivity index (χ1) is 6.62. The Bertz CT molecular complexity index is 189. The average molecular weight is 194 g/mol. The minimum absolute atomic E-state index is 0.178. The molecule has 0 saturated heterocycles. The summed E-state index contributed by atoms with van der Waals surface area (Å²) in [6.07, 6.45) is 11.3. The van der Waals surface area contributed by atoms with Crippen LogP contribution in [0.5, 0.6) is 0 Å². The molecular weight excluding hydrogens is 172 g/mol. The zero-order chi connectivity index (χ0) is 10.9. The van der Waals surface area contributed by atoms with Gasteiger partial charge in [0, 0.05) is 0 Å². The van der Waals surface area contributed by atoms with Gasteiger partial charge in [0.15, 0.2) is 0 Å². The fourth-order valence-electron chi connectivity index (χ4n) is 1.07. The summed E-state index contributed by atoms with van der Waals surface area (Å²) >= 11 is 0. The molecule has 0 spiro atoms. The number of ether oxygens (including phenoxy) is 1. The molecule has 0 bridgehead atoms. The van der Waals surface area contributed by atoms with Crippen molar-refractivity contribution in [2.45, 2.75) is 38.7 Å². The van der Waals surface area contributed by atoms with E-state index in [-0.39, 0.29) is 5.60 Å². The van der Waals surface area contributed by atoms with E-state index in [2.05, 4.69) is 39.2 Å². The Morgan fingerprint density at radius 1 is 1.14 bits per heavy atom. The van der Waals surface area contributed by atoms with Gasteiger partial charge in [-0.25, -0.2) is 0 Å². The first-order valence-electron chi connectivity index (χ1n) is 5.16. The van der Waals surface area contributed by atoms with Crippen molar-refractivity contribution in [2.75, 3.05) is 6.61 Å². The molecule has 0 heterocycles. The van der Waals surface area contributed by atoms with Crippen LogP contribution < -0.4 is 0 Å². The van der Waals surface area contributed by atoms with E-state index in [4.69, 9.17) is 4.74 Å². The lowest BCUT2D eigenvalue weighted by molar-refractivity contribution is 0.0389. The molecule has 0 aromatic heterocycles. The third-order valence-electron chi connectivity index (χ3n) is 1.87. The van der Waals surface area contributed by atoms with Crippen LogP contribution in [0.2, 0.25) is 0 Å². The molecule has 0 aliphatic rings. The second kappa shape index (κ2) is 7.57. The predicted octanol–water partition coefficient (Wildman–Crippen LogP) is 3.88. The zero-order valence-corrected chi connectivity index (χ0v) is 9.46. The van der Waals surface area contributed by atoms with E-state index in [1.165, 1.54) is 0 Å². The number of rotatable bonds is 8. The third kappa shape index (κ3) is 7.81. The van der Waals surface area contributed by atoms with Crippen molar-refractivity contribution in [3.05, 3.63) is 37.5 Å². The van der Waals surface area contributed by atoms with Crippen molar-refractivity contribution in [1.82, 2.24) is 0 Å². The van der Waals surface area contributed by atoms with Crippen molar-refractivity contribution in [1.29, 1.82) is 0 Å². The Labute approximate surface area is 88.2 Å². The Morgan fingerprint density at radius 2 is 1.86 bits per heavy atom. The fourth-order valence-corrected chi connectivity index (χ4v) is 1.07. The van der Waals surface area contributed by atoms with Gasteiger partial charge in [-0.05, 0) is 33.1 Å². The van der Waals surface area contributed by atoms with Gasteiger partial charge in [0.2, 0.25) is 0 Å². The van der Waals surface area contributed by atoms with Crippen LogP contribution in [0, 0.1) is 0 Å². The molecule has 0 rings (SSSR count). The van der Waals surface area contributed by atoms with Crippen LogP contribution in [0.3, 0.4) is 0 Å². The van der Waals surface area contributed by atoms with Crippen LogP contribution in [0.25, 0.3) is 0 Å². The van der Waals surface area contributed by atoms with E-state index in [1.54, 1.807) is 6.08 Å². The van der Waals surface area contributed by atoms with Gasteiger partial charge in [0.25, 0.3) is 0 Å². The molecule has 0 saturated carbocycles. The quantitative estimate of drug-likeness (QED) is 0.421. The summed E-state index contributed by atoms with van der Waals surface area (Å²) in [5, 5.41) is 0. The molecule has 0 N–H and O–H groups in total. The van der Waals surface area contributed by atoms with Crippen LogP contribution in [0.4, 0.5) is 0 Å². The molecule has 0 radical (unpaired) electrons. The molecule has 0 amide bonds. The maximum Gasteiger partial charge on any atom is 0.0810 e. The summed E-state index contributed by atoms with van der Waals surface area (Å²) < 4.78 is 5.56. The highest BCUT2D eigenvalue weighted by Crippen LogP contribution is 2.12. The number of allylic oxidation sites excluding steroid dienone is 2. The van der Waals surface area contributed by atoms with Crippen LogP contribution >= 0.6 is 0 Å². The van der Waals surface area contributed by atoms with Gasteiger partial charge in [0.1, 0.15) is 0 Å². The number of unbranched alkanes of at least 4 members (excludes halogenated alkanes) is 2. The lowest BCUT2D eigenvalue weighted by Crippen LogP contribution is -2.21. The molecule has 0 fully saturated rings. The van der Waals surface area contributed by atoms with Crippen molar-refractivity contribution >= 4 is 0 Å². The Morgan fingerprint density at radius 3 is 2.43 bits per heavy atom. The molecular formula is C13H22O. The Hall–Kier alpha value is -0.820. The second-order valence-corrected chi connectivity index (χ2v) is 3.83. The molecule has 14 heavy (non-hydrogen) atoms. The van der Waals surface area contributed by atoms with Crippen molar-refractivity contribution in [3.63, 3.8) is 0 Å². The minimum Gasteiger partial charge on any atom is -0.367 e. The van der Waals surface area contributed by atoms with Crippen molar-refractivity contribution < 1.29 is 4.74 Å². The summed E-state index contributed by atoms with van der Waals surface area (Å²) in [5.41, 5.74) is -0.178. The lowest BCUT2D eigenvalue weighted by atomic mass is 10.1. The summed E-state index contributed by atoms with van der Waals surface area (Å²) in [6.45, 7) is 12.0. The van der Waals surface area contributed by atoms with Crippen molar-refractivity contribution in [2.24, 2.45) is 0 Å². The first kappa shape index (κ1) is 13.2. The monoisotopic (exact) mass is 194 g/mol. The summed E-state index contributed by atoms with van der Waals surface area (Å²) in [5.74, 6) is 0. The summed E-state index contributed by atoms with van der Waals surface area (Å²) in [4.78, 5) is 0. The van der Waals surface area contributed by atoms with E-state index in [1.807, 2.05) is 6.08 Å². The smallest absolute Gasteiger partial charge is 0.0810 e. The van der Waals surface area contributed by atoms with Gasteiger partial charge in [-0.2, -0.15) is 0 Å². The highest BCUT2D eigenvalue weighted by Gasteiger charge is 2.11. The number of hydrogen-bond acceptors (Lipinski definition) is 1. The highest BCUT2D eigenvalue weighted by atomic mass is 16.5. The zero-order valence-electron chi connectivity index (χ0n) is 9.46. The molecule has 0 aliphatic carbocycles. The average Bonchev–Trinajstić information content (AvgIpc) is 2.15. The maximum absolute atomic E-state index is 5.56. The molecule has 1 nitrogen and oxygen atoms in total. The molecule has 80 valence electrons. The highest BCUT2D eigenvalue weighted by molar-refractivity contribution is 4.97. The SMILES string of the molecule is C=CCCCC=CC(C)(C)OCC=C. The predicted molar refractivity (Wildman–Crippen MR) is 63.4 cm³/mol. The minimum atomic E-state index is -0.178. The van der Waals surface area contributed by atoms with E-state index in [9.17, 15) is 0 Å². The Kier molecular flexibility index (Phi) is 7.13. The number of hydrogen-bond donors (Lipinski definition) is 0. The summed E-state index contributed by atoms with van der Waals surface area (Å²) in [7, 11) is 0. The second-order valence-electron chi connectivity index (χ2n) is 3.83. The van der Waals surface area contributed by atoms with Crippen LogP contribution in [-0.4, -0.2) is 12.2 Å². The molecule has 0 aromatic rings. The van der Waals surface area contributed by atoms with Gasteiger partial charge in [-0.1, -0.05) is 24.3 Å². The van der Waals surface area contributed by atoms with E-state index < -0.39 is 0 Å². The van der Waals surface area contributed by atoms with Gasteiger partial charge < -0.3 is 4.74 Å². The van der Waals surface area contributed by atoms with Crippen molar-refractivity contribution in [3.8, 4) is 0 Å². The van der Waals surface area contributed by atoms with Gasteiger partial charge in [-0.3, -0.25) is 0 Å². The molecule has 0 aliphatic heterocycles. The first-order valence-corrected chi connectivity index (χ1v) is 5.16. The van der Waals surface area contributed by atoms with E-state index >= 15 is 0 Å². The maximum atomic E-state index is 5.56.